The van der Waals surface area contributed by atoms with Crippen LogP contribution in [0.5, 0.6) is 0 Å². The van der Waals surface area contributed by atoms with Gasteiger partial charge in [0.15, 0.2) is 6.19 Å². The van der Waals surface area contributed by atoms with Gasteiger partial charge in [0.2, 0.25) is 5.82 Å². The molecule has 2 rings (SSSR count). The lowest BCUT2D eigenvalue weighted by Gasteiger charge is -2.13. The van der Waals surface area contributed by atoms with Gasteiger partial charge in [-0.25, -0.2) is 0 Å². The molecule has 0 aliphatic rings. The van der Waals surface area contributed by atoms with Gasteiger partial charge in [0.05, 0.1) is 17.2 Å². The van der Waals surface area contributed by atoms with Crippen molar-refractivity contribution in [3.8, 4) is 6.19 Å². The molecule has 0 unspecified atom stereocenters. The van der Waals surface area contributed by atoms with E-state index in [1.807, 2.05) is 6.19 Å². The summed E-state index contributed by atoms with van der Waals surface area (Å²) >= 11 is 0. The Balaban J connectivity index is 2.31. The fourth-order valence-corrected chi connectivity index (χ4v) is 1.47. The summed E-state index contributed by atoms with van der Waals surface area (Å²) in [6, 6.07) is 4.78. The van der Waals surface area contributed by atoms with E-state index in [1.54, 1.807) is 6.07 Å². The molecule has 0 aliphatic carbocycles. The number of nitriles is 1. The molecule has 0 spiro atoms. The summed E-state index contributed by atoms with van der Waals surface area (Å²) in [5, 5.41) is 23.3. The van der Waals surface area contributed by atoms with Gasteiger partial charge in [0.25, 0.3) is 0 Å². The number of benzene rings is 1. The van der Waals surface area contributed by atoms with Gasteiger partial charge in [-0.3, -0.25) is 15.0 Å². The number of rotatable bonds is 4. The third-order valence-corrected chi connectivity index (χ3v) is 2.37. The van der Waals surface area contributed by atoms with Gasteiger partial charge in [-0.15, -0.1) is 0 Å². The average Bonchev–Trinajstić information content (AvgIpc) is 2.89. The van der Waals surface area contributed by atoms with Crippen LogP contribution < -0.4 is 4.90 Å². The first kappa shape index (κ1) is 12.5. The van der Waals surface area contributed by atoms with E-state index in [0.717, 1.165) is 17.0 Å². The topological polar surface area (TPSA) is 96.2 Å². The predicted molar refractivity (Wildman–Crippen MR) is 61.4 cm³/mol. The maximum atomic E-state index is 13.2. The van der Waals surface area contributed by atoms with Crippen LogP contribution in [-0.2, 0) is 6.54 Å². The van der Waals surface area contributed by atoms with Crippen molar-refractivity contribution >= 4 is 11.4 Å². The summed E-state index contributed by atoms with van der Waals surface area (Å²) in [7, 11) is 0. The first-order chi connectivity index (χ1) is 9.11. The van der Waals surface area contributed by atoms with Crippen molar-refractivity contribution in [1.29, 1.82) is 5.26 Å². The minimum Gasteiger partial charge on any atom is -0.364 e. The Bertz CT molecular complexity index is 636. The van der Waals surface area contributed by atoms with E-state index >= 15 is 0 Å². The van der Waals surface area contributed by atoms with Gasteiger partial charge in [0, 0.05) is 12.1 Å². The van der Waals surface area contributed by atoms with E-state index < -0.39 is 16.4 Å². The highest BCUT2D eigenvalue weighted by Crippen LogP contribution is 2.25. The van der Waals surface area contributed by atoms with Crippen molar-refractivity contribution in [2.45, 2.75) is 6.54 Å². The lowest BCUT2D eigenvalue weighted by atomic mass is 10.2. The van der Waals surface area contributed by atoms with Crippen molar-refractivity contribution in [3.05, 3.63) is 52.2 Å². The minimum absolute atomic E-state index is 0.0792. The summed E-state index contributed by atoms with van der Waals surface area (Å²) in [4.78, 5) is 10.9. The molecule has 2 aromatic rings. The molecule has 8 heteroatoms. The number of nitrogens with zero attached hydrogens (tertiary/aromatic N) is 4. The van der Waals surface area contributed by atoms with Crippen molar-refractivity contribution in [3.63, 3.8) is 0 Å². The van der Waals surface area contributed by atoms with E-state index in [4.69, 9.17) is 5.26 Å². The normalized spacial score (nSPS) is 9.89. The van der Waals surface area contributed by atoms with E-state index in [-0.39, 0.29) is 12.2 Å². The number of aromatic nitrogens is 1. The van der Waals surface area contributed by atoms with Crippen LogP contribution in [0.4, 0.5) is 15.8 Å². The van der Waals surface area contributed by atoms with Crippen LogP contribution in [0.1, 0.15) is 5.69 Å². The molecule has 0 saturated heterocycles. The van der Waals surface area contributed by atoms with Crippen molar-refractivity contribution in [2.75, 3.05) is 4.90 Å². The Morgan fingerprint density at radius 1 is 1.53 bits per heavy atom. The quantitative estimate of drug-likeness (QED) is 0.362. The maximum Gasteiger partial charge on any atom is 0.306 e. The van der Waals surface area contributed by atoms with Gasteiger partial charge in [0.1, 0.15) is 12.0 Å². The number of anilines is 1. The van der Waals surface area contributed by atoms with Gasteiger partial charge < -0.3 is 4.52 Å². The molecular formula is C11H7FN4O3. The Labute approximate surface area is 106 Å². The maximum absolute atomic E-state index is 13.2. The molecule has 0 atom stereocenters. The zero-order valence-corrected chi connectivity index (χ0v) is 9.49. The number of nitro groups is 1. The molecule has 96 valence electrons. The van der Waals surface area contributed by atoms with E-state index in [0.29, 0.717) is 5.69 Å². The standard InChI is InChI=1S/C11H7FN4O3/c12-10-2-1-9(5-11(10)16(17)18)15(7-13)6-8-3-4-19-14-8/h1-5H,6H2. The first-order valence-corrected chi connectivity index (χ1v) is 5.12. The fourth-order valence-electron chi connectivity index (χ4n) is 1.47. The number of hydrogen-bond acceptors (Lipinski definition) is 6. The number of nitro benzene ring substituents is 1. The lowest BCUT2D eigenvalue weighted by molar-refractivity contribution is -0.387. The second kappa shape index (κ2) is 5.14. The Morgan fingerprint density at radius 3 is 2.89 bits per heavy atom. The van der Waals surface area contributed by atoms with Crippen LogP contribution in [0, 0.1) is 27.4 Å². The van der Waals surface area contributed by atoms with E-state index in [9.17, 15) is 14.5 Å². The zero-order valence-electron chi connectivity index (χ0n) is 9.49. The molecule has 7 nitrogen and oxygen atoms in total. The Morgan fingerprint density at radius 2 is 2.32 bits per heavy atom. The Kier molecular flexibility index (Phi) is 3.38. The summed E-state index contributed by atoms with van der Waals surface area (Å²) in [6.07, 6.45) is 3.19. The number of hydrogen-bond donors (Lipinski definition) is 0. The molecule has 1 aromatic carbocycles. The molecule has 1 aromatic heterocycles. The van der Waals surface area contributed by atoms with Crippen molar-refractivity contribution in [2.24, 2.45) is 0 Å². The van der Waals surface area contributed by atoms with Gasteiger partial charge in [-0.2, -0.15) is 9.65 Å². The summed E-state index contributed by atoms with van der Waals surface area (Å²) in [5.74, 6) is -0.951. The number of halogens is 1. The van der Waals surface area contributed by atoms with Crippen molar-refractivity contribution < 1.29 is 13.8 Å². The van der Waals surface area contributed by atoms with Gasteiger partial charge in [-0.1, -0.05) is 5.16 Å². The lowest BCUT2D eigenvalue weighted by Crippen LogP contribution is -2.16. The Hall–Kier alpha value is -2.95. The third-order valence-electron chi connectivity index (χ3n) is 2.37. The SMILES string of the molecule is N#CN(Cc1ccon1)c1ccc(F)c([N+](=O)[O-])c1. The second-order valence-corrected chi connectivity index (χ2v) is 3.57. The summed E-state index contributed by atoms with van der Waals surface area (Å²) in [6.45, 7) is 0.0792. The highest BCUT2D eigenvalue weighted by molar-refractivity contribution is 5.56. The summed E-state index contributed by atoms with van der Waals surface area (Å²) in [5.41, 5.74) is 0.00466. The molecule has 0 N–H and O–H groups in total. The summed E-state index contributed by atoms with van der Waals surface area (Å²) < 4.78 is 17.8. The predicted octanol–water partition coefficient (Wildman–Crippen LogP) is 2.21. The van der Waals surface area contributed by atoms with Crippen LogP contribution >= 0.6 is 0 Å². The van der Waals surface area contributed by atoms with Gasteiger partial charge in [-0.05, 0) is 12.1 Å². The van der Waals surface area contributed by atoms with Crippen molar-refractivity contribution in [1.82, 2.24) is 5.16 Å². The van der Waals surface area contributed by atoms with Gasteiger partial charge >= 0.3 is 5.69 Å². The zero-order chi connectivity index (χ0) is 13.8. The minimum atomic E-state index is -0.951. The fraction of sp³-hybridized carbons (Fsp3) is 0.0909. The molecule has 19 heavy (non-hydrogen) atoms. The first-order valence-electron chi connectivity index (χ1n) is 5.12. The van der Waals surface area contributed by atoms with E-state index in [1.165, 1.54) is 12.3 Å². The smallest absolute Gasteiger partial charge is 0.306 e. The van der Waals surface area contributed by atoms with E-state index in [2.05, 4.69) is 9.68 Å². The monoisotopic (exact) mass is 262 g/mol. The second-order valence-electron chi connectivity index (χ2n) is 3.57. The highest BCUT2D eigenvalue weighted by atomic mass is 19.1. The molecule has 0 bridgehead atoms. The van der Waals surface area contributed by atoms with Crippen LogP contribution in [0.2, 0.25) is 0 Å². The molecular weight excluding hydrogens is 255 g/mol. The molecule has 0 aliphatic heterocycles. The van der Waals surface area contributed by atoms with Crippen LogP contribution in [-0.4, -0.2) is 10.1 Å². The van der Waals surface area contributed by atoms with Crippen LogP contribution in [0.25, 0.3) is 0 Å². The highest BCUT2D eigenvalue weighted by Gasteiger charge is 2.17. The largest absolute Gasteiger partial charge is 0.364 e. The molecule has 0 fully saturated rings. The molecule has 1 heterocycles. The van der Waals surface area contributed by atoms with Crippen LogP contribution in [0.3, 0.4) is 0 Å². The van der Waals surface area contributed by atoms with Crippen LogP contribution in [0.15, 0.2) is 35.1 Å². The molecule has 0 radical (unpaired) electrons. The third kappa shape index (κ3) is 2.66. The molecule has 0 amide bonds. The molecule has 0 saturated carbocycles. The average molecular weight is 262 g/mol.